The minimum atomic E-state index is -0.200. The summed E-state index contributed by atoms with van der Waals surface area (Å²) in [4.78, 5) is 15.9. The van der Waals surface area contributed by atoms with E-state index in [4.69, 9.17) is 0 Å². The van der Waals surface area contributed by atoms with Crippen molar-refractivity contribution in [2.45, 2.75) is 59.3 Å². The van der Waals surface area contributed by atoms with Crippen LogP contribution in [-0.4, -0.2) is 27.0 Å². The van der Waals surface area contributed by atoms with Crippen LogP contribution in [0.1, 0.15) is 40.3 Å². The molecular formula is C13H24N4O. The molecule has 1 heterocycles. The second-order valence-electron chi connectivity index (χ2n) is 5.85. The molecule has 5 heteroatoms. The van der Waals surface area contributed by atoms with Gasteiger partial charge in [-0.2, -0.15) is 0 Å². The number of carbonyl (C=O) groups excluding carboxylic acids is 1. The Kier molecular flexibility index (Phi) is 4.90. The van der Waals surface area contributed by atoms with Gasteiger partial charge in [0.1, 0.15) is 6.54 Å². The average Bonchev–Trinajstić information content (AvgIpc) is 2.59. The number of hydrogen-bond acceptors (Lipinski definition) is 3. The van der Waals surface area contributed by atoms with Crippen molar-refractivity contribution in [1.29, 1.82) is 0 Å². The zero-order valence-electron chi connectivity index (χ0n) is 11.9. The van der Waals surface area contributed by atoms with Crippen LogP contribution in [0.3, 0.4) is 0 Å². The Bertz CT molecular complexity index is 390. The van der Waals surface area contributed by atoms with E-state index in [1.807, 2.05) is 25.3 Å². The fourth-order valence-corrected chi connectivity index (χ4v) is 1.56. The number of nitrogens with one attached hydrogen (secondary N) is 2. The second kappa shape index (κ2) is 6.00. The van der Waals surface area contributed by atoms with Gasteiger partial charge in [0, 0.05) is 24.3 Å². The van der Waals surface area contributed by atoms with E-state index in [1.165, 1.54) is 0 Å². The molecule has 0 aliphatic heterocycles. The maximum atomic E-state index is 11.8. The lowest BCUT2D eigenvalue weighted by molar-refractivity contribution is -0.123. The van der Waals surface area contributed by atoms with Crippen molar-refractivity contribution in [3.63, 3.8) is 0 Å². The molecule has 0 aliphatic rings. The Hall–Kier alpha value is -1.36. The molecule has 0 aliphatic carbocycles. The highest BCUT2D eigenvalue weighted by Crippen LogP contribution is 2.02. The van der Waals surface area contributed by atoms with Gasteiger partial charge in [-0.3, -0.25) is 4.79 Å². The van der Waals surface area contributed by atoms with E-state index in [2.05, 4.69) is 29.5 Å². The van der Waals surface area contributed by atoms with Crippen LogP contribution in [0.25, 0.3) is 0 Å². The molecule has 0 saturated carbocycles. The van der Waals surface area contributed by atoms with Crippen molar-refractivity contribution < 1.29 is 4.79 Å². The van der Waals surface area contributed by atoms with Gasteiger partial charge >= 0.3 is 0 Å². The summed E-state index contributed by atoms with van der Waals surface area (Å²) in [6, 6.07) is 0.414. The van der Waals surface area contributed by atoms with Gasteiger partial charge in [0.05, 0.1) is 12.0 Å². The lowest BCUT2D eigenvalue weighted by Gasteiger charge is -2.21. The molecule has 0 aromatic carbocycles. The summed E-state index contributed by atoms with van der Waals surface area (Å²) in [5.74, 6) is 0.00583. The van der Waals surface area contributed by atoms with Gasteiger partial charge in [0.15, 0.2) is 0 Å². The Labute approximate surface area is 109 Å². The lowest BCUT2D eigenvalue weighted by Crippen LogP contribution is -2.42. The van der Waals surface area contributed by atoms with Crippen molar-refractivity contribution in [3.8, 4) is 0 Å². The monoisotopic (exact) mass is 252 g/mol. The molecule has 1 rings (SSSR count). The minimum Gasteiger partial charge on any atom is -0.350 e. The molecule has 5 nitrogen and oxygen atoms in total. The maximum Gasteiger partial charge on any atom is 0.240 e. The van der Waals surface area contributed by atoms with E-state index < -0.39 is 0 Å². The fourth-order valence-electron chi connectivity index (χ4n) is 1.56. The number of nitrogens with zero attached hydrogens (tertiary/aromatic N) is 2. The van der Waals surface area contributed by atoms with Gasteiger partial charge in [0.25, 0.3) is 0 Å². The van der Waals surface area contributed by atoms with Crippen molar-refractivity contribution in [2.24, 2.45) is 0 Å². The van der Waals surface area contributed by atoms with E-state index in [1.54, 1.807) is 12.5 Å². The van der Waals surface area contributed by atoms with Gasteiger partial charge in [-0.25, -0.2) is 4.98 Å². The van der Waals surface area contributed by atoms with E-state index in [0.29, 0.717) is 12.6 Å². The SMILES string of the molecule is CC(C)NCc1cncn1CC(=O)NC(C)(C)C. The van der Waals surface area contributed by atoms with Crippen molar-refractivity contribution in [2.75, 3.05) is 0 Å². The van der Waals surface area contributed by atoms with Gasteiger partial charge in [0.2, 0.25) is 5.91 Å². The van der Waals surface area contributed by atoms with Crippen molar-refractivity contribution in [1.82, 2.24) is 20.2 Å². The van der Waals surface area contributed by atoms with E-state index in [-0.39, 0.29) is 11.4 Å². The van der Waals surface area contributed by atoms with Crippen LogP contribution in [0.2, 0.25) is 0 Å². The smallest absolute Gasteiger partial charge is 0.240 e. The standard InChI is InChI=1S/C13H24N4O/c1-10(2)15-7-11-6-14-9-17(11)8-12(18)16-13(3,4)5/h6,9-10,15H,7-8H2,1-5H3,(H,16,18). The predicted molar refractivity (Wildman–Crippen MR) is 72.1 cm³/mol. The summed E-state index contributed by atoms with van der Waals surface area (Å²) in [7, 11) is 0. The Balaban J connectivity index is 2.57. The highest BCUT2D eigenvalue weighted by Gasteiger charge is 2.14. The maximum absolute atomic E-state index is 11.8. The summed E-state index contributed by atoms with van der Waals surface area (Å²) < 4.78 is 1.87. The molecule has 18 heavy (non-hydrogen) atoms. The highest BCUT2D eigenvalue weighted by molar-refractivity contribution is 5.76. The molecular weight excluding hydrogens is 228 g/mol. The second-order valence-corrected chi connectivity index (χ2v) is 5.85. The molecule has 1 aromatic rings. The largest absolute Gasteiger partial charge is 0.350 e. The summed E-state index contributed by atoms with van der Waals surface area (Å²) in [6.45, 7) is 11.1. The first kappa shape index (κ1) is 14.7. The first-order chi connectivity index (χ1) is 8.28. The molecule has 0 spiro atoms. The van der Waals surface area contributed by atoms with Crippen LogP contribution in [0.15, 0.2) is 12.5 Å². The quantitative estimate of drug-likeness (QED) is 0.830. The van der Waals surface area contributed by atoms with Crippen molar-refractivity contribution >= 4 is 5.91 Å². The number of aromatic nitrogens is 2. The molecule has 102 valence electrons. The van der Waals surface area contributed by atoms with Gasteiger partial charge < -0.3 is 15.2 Å². The number of rotatable bonds is 5. The van der Waals surface area contributed by atoms with E-state index in [0.717, 1.165) is 12.2 Å². The molecule has 0 unspecified atom stereocenters. The summed E-state index contributed by atoms with van der Waals surface area (Å²) >= 11 is 0. The Morgan fingerprint density at radius 3 is 2.67 bits per heavy atom. The topological polar surface area (TPSA) is 59.0 Å². The first-order valence-corrected chi connectivity index (χ1v) is 6.31. The van der Waals surface area contributed by atoms with Gasteiger partial charge in [-0.05, 0) is 20.8 Å². The predicted octanol–water partition coefficient (Wildman–Crippen LogP) is 1.30. The summed E-state index contributed by atoms with van der Waals surface area (Å²) in [5.41, 5.74) is 0.821. The van der Waals surface area contributed by atoms with Crippen LogP contribution in [0, 0.1) is 0 Å². The number of hydrogen-bond donors (Lipinski definition) is 2. The number of carbonyl (C=O) groups is 1. The number of imidazole rings is 1. The summed E-state index contributed by atoms with van der Waals surface area (Å²) in [6.07, 6.45) is 3.49. The van der Waals surface area contributed by atoms with Crippen molar-refractivity contribution in [3.05, 3.63) is 18.2 Å². The fraction of sp³-hybridized carbons (Fsp3) is 0.692. The van der Waals surface area contributed by atoms with Crippen LogP contribution in [0.5, 0.6) is 0 Å². The third kappa shape index (κ3) is 5.31. The zero-order valence-corrected chi connectivity index (χ0v) is 11.9. The van der Waals surface area contributed by atoms with Crippen LogP contribution >= 0.6 is 0 Å². The molecule has 0 fully saturated rings. The average molecular weight is 252 g/mol. The van der Waals surface area contributed by atoms with Gasteiger partial charge in [-0.1, -0.05) is 13.8 Å². The Morgan fingerprint density at radius 2 is 2.11 bits per heavy atom. The van der Waals surface area contributed by atoms with E-state index >= 15 is 0 Å². The third-order valence-electron chi connectivity index (χ3n) is 2.32. The zero-order chi connectivity index (χ0) is 13.8. The molecule has 0 bridgehead atoms. The molecule has 2 N–H and O–H groups in total. The number of amides is 1. The van der Waals surface area contributed by atoms with Crippen LogP contribution in [-0.2, 0) is 17.9 Å². The summed E-state index contributed by atoms with van der Waals surface area (Å²) in [5, 5.41) is 6.26. The lowest BCUT2D eigenvalue weighted by atomic mass is 10.1. The molecule has 0 atom stereocenters. The molecule has 1 amide bonds. The minimum absolute atomic E-state index is 0.00583. The first-order valence-electron chi connectivity index (χ1n) is 6.31. The molecule has 1 aromatic heterocycles. The third-order valence-corrected chi connectivity index (χ3v) is 2.32. The molecule has 0 radical (unpaired) electrons. The van der Waals surface area contributed by atoms with Crippen LogP contribution < -0.4 is 10.6 Å². The highest BCUT2D eigenvalue weighted by atomic mass is 16.2. The molecule has 0 saturated heterocycles. The normalized spacial score (nSPS) is 11.9. The Morgan fingerprint density at radius 1 is 1.44 bits per heavy atom. The van der Waals surface area contributed by atoms with Crippen LogP contribution in [0.4, 0.5) is 0 Å². The van der Waals surface area contributed by atoms with Gasteiger partial charge in [-0.15, -0.1) is 0 Å². The van der Waals surface area contributed by atoms with E-state index in [9.17, 15) is 4.79 Å².